The maximum absolute atomic E-state index is 12.8. The van der Waals surface area contributed by atoms with Gasteiger partial charge in [0.05, 0.1) is 18.1 Å². The Hall–Kier alpha value is -2.31. The number of ether oxygens (including phenoxy) is 1. The highest BCUT2D eigenvalue weighted by atomic mass is 35.5. The van der Waals surface area contributed by atoms with Gasteiger partial charge in [-0.1, -0.05) is 35.3 Å². The van der Waals surface area contributed by atoms with Gasteiger partial charge in [-0.15, -0.1) is 0 Å². The van der Waals surface area contributed by atoms with Gasteiger partial charge in [-0.25, -0.2) is 4.39 Å². The molecule has 2 rings (SSSR count). The molecule has 0 aliphatic heterocycles. The summed E-state index contributed by atoms with van der Waals surface area (Å²) < 4.78 is 18.3. The number of nitrogens with one attached hydrogen (secondary N) is 2. The predicted molar refractivity (Wildman–Crippen MR) is 97.6 cm³/mol. The van der Waals surface area contributed by atoms with E-state index in [-0.39, 0.29) is 31.2 Å². The molecule has 0 saturated heterocycles. The molecule has 138 valence electrons. The van der Waals surface area contributed by atoms with Crippen molar-refractivity contribution in [2.45, 2.75) is 19.3 Å². The van der Waals surface area contributed by atoms with Gasteiger partial charge in [0.25, 0.3) is 0 Å². The molecule has 8 heteroatoms. The summed E-state index contributed by atoms with van der Waals surface area (Å²) in [6, 6.07) is 10.4. The van der Waals surface area contributed by atoms with Crippen molar-refractivity contribution in [3.63, 3.8) is 0 Å². The molecule has 5 nitrogen and oxygen atoms in total. The summed E-state index contributed by atoms with van der Waals surface area (Å²) in [6.45, 7) is 0.290. The van der Waals surface area contributed by atoms with Crippen molar-refractivity contribution < 1.29 is 18.7 Å². The molecular weight excluding hydrogens is 382 g/mol. The Morgan fingerprint density at radius 3 is 2.38 bits per heavy atom. The van der Waals surface area contributed by atoms with Gasteiger partial charge in [0.1, 0.15) is 11.6 Å². The predicted octanol–water partition coefficient (Wildman–Crippen LogP) is 3.68. The third-order valence-electron chi connectivity index (χ3n) is 3.32. The van der Waals surface area contributed by atoms with E-state index in [0.29, 0.717) is 27.8 Å². The Labute approximate surface area is 160 Å². The summed E-state index contributed by atoms with van der Waals surface area (Å²) in [7, 11) is 0. The van der Waals surface area contributed by atoms with Crippen molar-refractivity contribution in [2.24, 2.45) is 0 Å². The summed E-state index contributed by atoms with van der Waals surface area (Å²) in [5.74, 6) is -0.619. The molecule has 0 saturated carbocycles. The van der Waals surface area contributed by atoms with Crippen molar-refractivity contribution in [3.05, 3.63) is 63.9 Å². The molecule has 0 spiro atoms. The lowest BCUT2D eigenvalue weighted by Crippen LogP contribution is -2.42. The van der Waals surface area contributed by atoms with Crippen LogP contribution in [0, 0.1) is 5.82 Å². The van der Waals surface area contributed by atoms with Gasteiger partial charge >= 0.3 is 0 Å². The third kappa shape index (κ3) is 6.90. The molecule has 0 atom stereocenters. The summed E-state index contributed by atoms with van der Waals surface area (Å²) in [5.41, 5.74) is 5.28. The second-order valence-electron chi connectivity index (χ2n) is 5.43. The number of rotatable bonds is 7. The Balaban J connectivity index is 1.62. The molecule has 0 unspecified atom stereocenters. The molecule has 0 aliphatic carbocycles. The summed E-state index contributed by atoms with van der Waals surface area (Å²) in [4.78, 5) is 23.4. The fraction of sp³-hybridized carbons (Fsp3) is 0.222. The van der Waals surface area contributed by atoms with Crippen LogP contribution in [0.3, 0.4) is 0 Å². The quantitative estimate of drug-likeness (QED) is 0.552. The monoisotopic (exact) mass is 398 g/mol. The summed E-state index contributed by atoms with van der Waals surface area (Å²) in [6.07, 6.45) is 0.652. The van der Waals surface area contributed by atoms with Crippen molar-refractivity contribution in [1.29, 1.82) is 0 Å². The third-order valence-corrected chi connectivity index (χ3v) is 3.85. The van der Waals surface area contributed by atoms with E-state index in [1.807, 2.05) is 0 Å². The normalized spacial score (nSPS) is 10.3. The highest BCUT2D eigenvalue weighted by molar-refractivity contribution is 6.35. The molecule has 2 amide bonds. The molecular formula is C18H17Cl2FN2O3. The zero-order valence-electron chi connectivity index (χ0n) is 13.7. The molecule has 0 aliphatic rings. The minimum Gasteiger partial charge on any atom is -0.492 e. The van der Waals surface area contributed by atoms with E-state index in [2.05, 4.69) is 10.9 Å². The van der Waals surface area contributed by atoms with E-state index in [1.165, 1.54) is 24.3 Å². The van der Waals surface area contributed by atoms with Gasteiger partial charge in [-0.2, -0.15) is 0 Å². The highest BCUT2D eigenvalue weighted by Crippen LogP contribution is 2.27. The highest BCUT2D eigenvalue weighted by Gasteiger charge is 2.07. The molecule has 0 fully saturated rings. The number of hydrazine groups is 1. The van der Waals surface area contributed by atoms with Crippen LogP contribution in [-0.2, 0) is 16.0 Å². The molecule has 2 aromatic rings. The topological polar surface area (TPSA) is 67.4 Å². The zero-order chi connectivity index (χ0) is 18.9. The van der Waals surface area contributed by atoms with E-state index < -0.39 is 5.91 Å². The second-order valence-corrected chi connectivity index (χ2v) is 6.27. The maximum Gasteiger partial charge on any atom is 0.242 e. The van der Waals surface area contributed by atoms with E-state index in [0.717, 1.165) is 0 Å². The standard InChI is InChI=1S/C18H17Cl2FN2O3/c19-13-5-8-16(15(20)11-13)26-9-1-2-17(24)22-23-18(25)10-12-3-6-14(21)7-4-12/h3-8,11H,1-2,9-10H2,(H,22,24)(H,23,25). The number of halogens is 3. The number of carbonyl (C=O) groups is 2. The largest absolute Gasteiger partial charge is 0.492 e. The average Bonchev–Trinajstić information content (AvgIpc) is 2.60. The molecule has 26 heavy (non-hydrogen) atoms. The zero-order valence-corrected chi connectivity index (χ0v) is 15.2. The van der Waals surface area contributed by atoms with Crippen LogP contribution in [0.5, 0.6) is 5.75 Å². The van der Waals surface area contributed by atoms with Crippen LogP contribution in [0.2, 0.25) is 10.0 Å². The van der Waals surface area contributed by atoms with Crippen molar-refractivity contribution in [1.82, 2.24) is 10.9 Å². The first kappa shape index (κ1) is 20.0. The first-order chi connectivity index (χ1) is 12.4. The minimum atomic E-state index is -0.394. The Morgan fingerprint density at radius 2 is 1.69 bits per heavy atom. The molecule has 2 N–H and O–H groups in total. The van der Waals surface area contributed by atoms with Crippen LogP contribution < -0.4 is 15.6 Å². The number of hydrogen-bond acceptors (Lipinski definition) is 3. The first-order valence-electron chi connectivity index (χ1n) is 7.84. The lowest BCUT2D eigenvalue weighted by atomic mass is 10.1. The number of carbonyl (C=O) groups excluding carboxylic acids is 2. The SMILES string of the molecule is O=C(CCCOc1ccc(Cl)cc1Cl)NNC(=O)Cc1ccc(F)cc1. The number of amides is 2. The average molecular weight is 399 g/mol. The lowest BCUT2D eigenvalue weighted by molar-refractivity contribution is -0.128. The van der Waals surface area contributed by atoms with Gasteiger partial charge in [0.2, 0.25) is 11.8 Å². The van der Waals surface area contributed by atoms with Crippen LogP contribution in [0.1, 0.15) is 18.4 Å². The number of hydrogen-bond donors (Lipinski definition) is 2. The van der Waals surface area contributed by atoms with Crippen molar-refractivity contribution >= 4 is 35.0 Å². The molecule has 0 aromatic heterocycles. The summed E-state index contributed by atoms with van der Waals surface area (Å²) in [5, 5.41) is 0.910. The Kier molecular flexibility index (Phi) is 7.69. The van der Waals surface area contributed by atoms with Crippen LogP contribution in [0.15, 0.2) is 42.5 Å². The van der Waals surface area contributed by atoms with E-state index in [1.54, 1.807) is 18.2 Å². The van der Waals surface area contributed by atoms with Crippen LogP contribution in [-0.4, -0.2) is 18.4 Å². The molecule has 0 bridgehead atoms. The molecule has 0 radical (unpaired) electrons. The smallest absolute Gasteiger partial charge is 0.242 e. The first-order valence-corrected chi connectivity index (χ1v) is 8.59. The van der Waals surface area contributed by atoms with Crippen molar-refractivity contribution in [3.8, 4) is 5.75 Å². The van der Waals surface area contributed by atoms with Crippen LogP contribution in [0.25, 0.3) is 0 Å². The second kappa shape index (κ2) is 9.99. The van der Waals surface area contributed by atoms with Gasteiger partial charge in [-0.05, 0) is 42.3 Å². The molecule has 0 heterocycles. The Bertz CT molecular complexity index is 770. The van der Waals surface area contributed by atoms with E-state index in [4.69, 9.17) is 27.9 Å². The van der Waals surface area contributed by atoms with Crippen LogP contribution >= 0.6 is 23.2 Å². The van der Waals surface area contributed by atoms with E-state index in [9.17, 15) is 14.0 Å². The van der Waals surface area contributed by atoms with E-state index >= 15 is 0 Å². The summed E-state index contributed by atoms with van der Waals surface area (Å²) >= 11 is 11.8. The van der Waals surface area contributed by atoms with Crippen LogP contribution in [0.4, 0.5) is 4.39 Å². The van der Waals surface area contributed by atoms with Gasteiger partial charge < -0.3 is 4.74 Å². The lowest BCUT2D eigenvalue weighted by Gasteiger charge is -2.09. The van der Waals surface area contributed by atoms with Gasteiger partial charge in [0.15, 0.2) is 0 Å². The van der Waals surface area contributed by atoms with Gasteiger partial charge in [0, 0.05) is 11.4 Å². The maximum atomic E-state index is 12.8. The fourth-order valence-electron chi connectivity index (χ4n) is 2.04. The minimum absolute atomic E-state index is 0.0404. The molecule has 2 aromatic carbocycles. The number of benzene rings is 2. The fourth-order valence-corrected chi connectivity index (χ4v) is 2.50. The van der Waals surface area contributed by atoms with Gasteiger partial charge in [-0.3, -0.25) is 20.4 Å². The Morgan fingerprint density at radius 1 is 1.00 bits per heavy atom. The van der Waals surface area contributed by atoms with Crippen molar-refractivity contribution in [2.75, 3.05) is 6.61 Å².